The van der Waals surface area contributed by atoms with Crippen molar-refractivity contribution in [3.8, 4) is 10.7 Å². The molecule has 2 aromatic rings. The maximum atomic E-state index is 4.48. The lowest BCUT2D eigenvalue weighted by atomic mass is 10.4. The van der Waals surface area contributed by atoms with Crippen LogP contribution >= 0.6 is 11.3 Å². The van der Waals surface area contributed by atoms with Crippen LogP contribution in [0.2, 0.25) is 0 Å². The fourth-order valence-electron chi connectivity index (χ4n) is 1.43. The van der Waals surface area contributed by atoms with Gasteiger partial charge in [-0.2, -0.15) is 5.10 Å². The molecule has 0 spiro atoms. The van der Waals surface area contributed by atoms with E-state index in [1.807, 2.05) is 12.4 Å². The zero-order chi connectivity index (χ0) is 9.54. The summed E-state index contributed by atoms with van der Waals surface area (Å²) in [4.78, 5) is 9.74. The van der Waals surface area contributed by atoms with Crippen molar-refractivity contribution in [1.82, 2.24) is 20.2 Å². The Morgan fingerprint density at radius 1 is 1.50 bits per heavy atom. The molecule has 0 saturated heterocycles. The smallest absolute Gasteiger partial charge is 0.193 e. The zero-order valence-corrected chi connectivity index (χ0v) is 8.64. The highest BCUT2D eigenvalue weighted by Crippen LogP contribution is 2.38. The van der Waals surface area contributed by atoms with E-state index in [4.69, 9.17) is 0 Å². The molecule has 1 fully saturated rings. The van der Waals surface area contributed by atoms with Gasteiger partial charge in [-0.05, 0) is 19.8 Å². The van der Waals surface area contributed by atoms with Crippen molar-refractivity contribution in [2.24, 2.45) is 0 Å². The van der Waals surface area contributed by atoms with Gasteiger partial charge in [-0.15, -0.1) is 11.3 Å². The standard InChI is InChI=1S/C9H10N4S/c1-5-7(14-4-10-5)9-11-8(12-13-9)6-2-3-6/h4,6H,2-3H2,1H3,(H,11,12,13). The molecule has 0 unspecified atom stereocenters. The van der Waals surface area contributed by atoms with Crippen molar-refractivity contribution in [3.05, 3.63) is 17.0 Å². The highest BCUT2D eigenvalue weighted by atomic mass is 32.1. The minimum atomic E-state index is 0.629. The van der Waals surface area contributed by atoms with Gasteiger partial charge >= 0.3 is 0 Å². The van der Waals surface area contributed by atoms with E-state index in [2.05, 4.69) is 20.2 Å². The van der Waals surface area contributed by atoms with Crippen molar-refractivity contribution in [1.29, 1.82) is 0 Å². The first kappa shape index (κ1) is 8.11. The van der Waals surface area contributed by atoms with Crippen LogP contribution in [0.25, 0.3) is 10.7 Å². The minimum absolute atomic E-state index is 0.629. The first-order chi connectivity index (χ1) is 6.84. The number of hydrogen-bond acceptors (Lipinski definition) is 4. The second-order valence-corrected chi connectivity index (χ2v) is 4.44. The van der Waals surface area contributed by atoms with E-state index in [1.54, 1.807) is 11.3 Å². The molecule has 14 heavy (non-hydrogen) atoms. The van der Waals surface area contributed by atoms with Crippen LogP contribution in [0, 0.1) is 6.92 Å². The summed E-state index contributed by atoms with van der Waals surface area (Å²) in [7, 11) is 0. The third-order valence-electron chi connectivity index (χ3n) is 2.42. The van der Waals surface area contributed by atoms with E-state index in [9.17, 15) is 0 Å². The number of rotatable bonds is 2. The number of aryl methyl sites for hydroxylation is 1. The van der Waals surface area contributed by atoms with Crippen molar-refractivity contribution < 1.29 is 0 Å². The Labute approximate surface area is 85.4 Å². The van der Waals surface area contributed by atoms with Crippen LogP contribution in [0.3, 0.4) is 0 Å². The maximum Gasteiger partial charge on any atom is 0.193 e. The Balaban J connectivity index is 1.99. The number of aromatic nitrogens is 4. The Morgan fingerprint density at radius 3 is 3.00 bits per heavy atom. The number of H-pyrrole nitrogens is 1. The molecule has 0 atom stereocenters. The van der Waals surface area contributed by atoms with E-state index >= 15 is 0 Å². The topological polar surface area (TPSA) is 54.5 Å². The third-order valence-corrected chi connectivity index (χ3v) is 3.34. The molecule has 72 valence electrons. The van der Waals surface area contributed by atoms with Gasteiger partial charge in [0.2, 0.25) is 0 Å². The molecule has 3 rings (SSSR count). The Hall–Kier alpha value is -1.23. The SMILES string of the molecule is Cc1ncsc1-c1n[nH]c(C2CC2)n1. The molecular formula is C9H10N4S. The molecule has 0 radical (unpaired) electrons. The quantitative estimate of drug-likeness (QED) is 0.818. The highest BCUT2D eigenvalue weighted by molar-refractivity contribution is 7.13. The third kappa shape index (κ3) is 1.24. The molecule has 5 heteroatoms. The Kier molecular flexibility index (Phi) is 1.67. The van der Waals surface area contributed by atoms with Gasteiger partial charge in [-0.1, -0.05) is 0 Å². The summed E-state index contributed by atoms with van der Waals surface area (Å²) in [6, 6.07) is 0. The molecule has 1 N–H and O–H groups in total. The normalized spacial score (nSPS) is 16.1. The summed E-state index contributed by atoms with van der Waals surface area (Å²) in [5.74, 6) is 2.46. The van der Waals surface area contributed by atoms with Gasteiger partial charge in [0.25, 0.3) is 0 Å². The van der Waals surface area contributed by atoms with E-state index in [-0.39, 0.29) is 0 Å². The van der Waals surface area contributed by atoms with E-state index in [0.29, 0.717) is 5.92 Å². The number of hydrogen-bond donors (Lipinski definition) is 1. The van der Waals surface area contributed by atoms with Gasteiger partial charge in [-0.25, -0.2) is 9.97 Å². The second kappa shape index (κ2) is 2.88. The minimum Gasteiger partial charge on any atom is -0.262 e. The lowest BCUT2D eigenvalue weighted by Gasteiger charge is -1.88. The van der Waals surface area contributed by atoms with Gasteiger partial charge in [-0.3, -0.25) is 5.10 Å². The summed E-state index contributed by atoms with van der Waals surface area (Å²) in [6.07, 6.45) is 2.49. The first-order valence-electron chi connectivity index (χ1n) is 4.67. The largest absolute Gasteiger partial charge is 0.262 e. The second-order valence-electron chi connectivity index (χ2n) is 3.59. The van der Waals surface area contributed by atoms with Crippen LogP contribution in [0.4, 0.5) is 0 Å². The summed E-state index contributed by atoms with van der Waals surface area (Å²) in [5, 5.41) is 7.22. The van der Waals surface area contributed by atoms with Gasteiger partial charge < -0.3 is 0 Å². The van der Waals surface area contributed by atoms with Crippen LogP contribution in [0.5, 0.6) is 0 Å². The maximum absolute atomic E-state index is 4.48. The highest BCUT2D eigenvalue weighted by Gasteiger charge is 2.27. The number of thiazole rings is 1. The van der Waals surface area contributed by atoms with E-state index in [0.717, 1.165) is 22.2 Å². The predicted molar refractivity (Wildman–Crippen MR) is 54.2 cm³/mol. The van der Waals surface area contributed by atoms with Crippen LogP contribution in [0.15, 0.2) is 5.51 Å². The average molecular weight is 206 g/mol. The molecular weight excluding hydrogens is 196 g/mol. The van der Waals surface area contributed by atoms with Gasteiger partial charge in [0.1, 0.15) is 5.82 Å². The molecule has 4 nitrogen and oxygen atoms in total. The van der Waals surface area contributed by atoms with E-state index in [1.165, 1.54) is 12.8 Å². The van der Waals surface area contributed by atoms with Gasteiger partial charge in [0.05, 0.1) is 16.1 Å². The van der Waals surface area contributed by atoms with Crippen LogP contribution in [-0.2, 0) is 0 Å². The summed E-state index contributed by atoms with van der Waals surface area (Å²) in [5.41, 5.74) is 2.84. The van der Waals surface area contributed by atoms with Crippen molar-refractivity contribution in [3.63, 3.8) is 0 Å². The van der Waals surface area contributed by atoms with Crippen molar-refractivity contribution in [2.45, 2.75) is 25.7 Å². The molecule has 1 aliphatic rings. The molecule has 1 saturated carbocycles. The molecule has 0 aliphatic heterocycles. The molecule has 2 heterocycles. The molecule has 0 bridgehead atoms. The first-order valence-corrected chi connectivity index (χ1v) is 5.55. The summed E-state index contributed by atoms with van der Waals surface area (Å²) in [6.45, 7) is 1.99. The number of aromatic amines is 1. The summed E-state index contributed by atoms with van der Waals surface area (Å²) >= 11 is 1.59. The lowest BCUT2D eigenvalue weighted by Crippen LogP contribution is -1.82. The van der Waals surface area contributed by atoms with E-state index < -0.39 is 0 Å². The summed E-state index contributed by atoms with van der Waals surface area (Å²) < 4.78 is 0. The number of nitrogens with zero attached hydrogens (tertiary/aromatic N) is 3. The average Bonchev–Trinajstić information content (AvgIpc) is 2.75. The predicted octanol–water partition coefficient (Wildman–Crippen LogP) is 2.11. The van der Waals surface area contributed by atoms with Gasteiger partial charge in [0.15, 0.2) is 5.82 Å². The molecule has 1 aliphatic carbocycles. The van der Waals surface area contributed by atoms with Crippen molar-refractivity contribution >= 4 is 11.3 Å². The lowest BCUT2D eigenvalue weighted by molar-refractivity contribution is 0.935. The number of nitrogens with one attached hydrogen (secondary N) is 1. The van der Waals surface area contributed by atoms with Crippen LogP contribution < -0.4 is 0 Å². The molecule has 0 amide bonds. The van der Waals surface area contributed by atoms with Crippen molar-refractivity contribution in [2.75, 3.05) is 0 Å². The van der Waals surface area contributed by atoms with Crippen LogP contribution in [0.1, 0.15) is 30.3 Å². The Morgan fingerprint density at radius 2 is 2.36 bits per heavy atom. The zero-order valence-electron chi connectivity index (χ0n) is 7.82. The fraction of sp³-hybridized carbons (Fsp3) is 0.444. The Bertz CT molecular complexity index is 455. The van der Waals surface area contributed by atoms with Gasteiger partial charge in [0, 0.05) is 5.92 Å². The monoisotopic (exact) mass is 206 g/mol. The fourth-order valence-corrected chi connectivity index (χ4v) is 2.17. The molecule has 0 aromatic carbocycles. The van der Waals surface area contributed by atoms with Crippen LogP contribution in [-0.4, -0.2) is 20.2 Å². The molecule has 2 aromatic heterocycles.